The predicted molar refractivity (Wildman–Crippen MR) is 97.2 cm³/mol. The van der Waals surface area contributed by atoms with E-state index in [2.05, 4.69) is 10.6 Å². The summed E-state index contributed by atoms with van der Waals surface area (Å²) in [6, 6.07) is 13.4. The van der Waals surface area contributed by atoms with Gasteiger partial charge >= 0.3 is 6.03 Å². The molecule has 134 valence electrons. The number of hydrogen-bond donors (Lipinski definition) is 3. The van der Waals surface area contributed by atoms with Crippen LogP contribution in [0.15, 0.2) is 42.5 Å². The zero-order valence-corrected chi connectivity index (χ0v) is 14.4. The van der Waals surface area contributed by atoms with Crippen LogP contribution in [0.3, 0.4) is 0 Å². The molecule has 0 bridgehead atoms. The van der Waals surface area contributed by atoms with Crippen LogP contribution in [0.4, 0.5) is 4.79 Å². The molecule has 2 aromatic carbocycles. The fourth-order valence-electron chi connectivity index (χ4n) is 2.79. The number of fused-ring (bicyclic) bond motifs is 1. The van der Waals surface area contributed by atoms with Crippen LogP contribution in [-0.2, 0) is 11.3 Å². The van der Waals surface area contributed by atoms with Crippen molar-refractivity contribution in [1.29, 1.82) is 0 Å². The quantitative estimate of drug-likeness (QED) is 0.372. The van der Waals surface area contributed by atoms with Gasteiger partial charge in [0.25, 0.3) is 0 Å². The molecule has 25 heavy (non-hydrogen) atoms. The van der Waals surface area contributed by atoms with Gasteiger partial charge < -0.3 is 10.6 Å². The van der Waals surface area contributed by atoms with E-state index in [0.717, 1.165) is 29.2 Å². The number of carbonyl (C=O) groups excluding carboxylic acids is 2. The highest BCUT2D eigenvalue weighted by atomic mass is 16.5. The number of nitrogens with one attached hydrogen (secondary N) is 2. The molecule has 3 amide bonds. The van der Waals surface area contributed by atoms with Gasteiger partial charge in [-0.15, -0.1) is 0 Å². The Labute approximate surface area is 147 Å². The van der Waals surface area contributed by atoms with Crippen LogP contribution in [0.5, 0.6) is 0 Å². The maximum atomic E-state index is 12.2. The fraction of sp³-hybridized carbons (Fsp3) is 0.368. The molecular weight excluding hydrogens is 318 g/mol. The summed E-state index contributed by atoms with van der Waals surface area (Å²) < 4.78 is 0. The minimum atomic E-state index is -0.312. The summed E-state index contributed by atoms with van der Waals surface area (Å²) in [4.78, 5) is 22.8. The van der Waals surface area contributed by atoms with Gasteiger partial charge in [0, 0.05) is 6.54 Å². The van der Waals surface area contributed by atoms with Gasteiger partial charge in [0.05, 0.1) is 12.6 Å². The molecule has 0 aliphatic heterocycles. The molecule has 2 aromatic rings. The van der Waals surface area contributed by atoms with E-state index in [4.69, 9.17) is 0 Å². The zero-order chi connectivity index (χ0) is 18.1. The minimum Gasteiger partial charge on any atom is -0.334 e. The van der Waals surface area contributed by atoms with Crippen LogP contribution < -0.4 is 10.6 Å². The molecule has 1 atom stereocenters. The Morgan fingerprint density at radius 2 is 2.00 bits per heavy atom. The van der Waals surface area contributed by atoms with Gasteiger partial charge in [-0.05, 0) is 22.8 Å². The van der Waals surface area contributed by atoms with Gasteiger partial charge in [-0.3, -0.25) is 10.0 Å². The van der Waals surface area contributed by atoms with Crippen LogP contribution in [0.1, 0.15) is 31.7 Å². The number of hydrogen-bond acceptors (Lipinski definition) is 3. The highest BCUT2D eigenvalue weighted by Gasteiger charge is 2.14. The highest BCUT2D eigenvalue weighted by molar-refractivity contribution is 5.86. The minimum absolute atomic E-state index is 0.0746. The van der Waals surface area contributed by atoms with E-state index in [1.165, 1.54) is 0 Å². The first-order valence-electron chi connectivity index (χ1n) is 8.56. The molecule has 6 nitrogen and oxygen atoms in total. The SMILES string of the molecule is CCCC[C@H](CN(O)C=O)NC(=O)NCc1cccc2ccccc12. The standard InChI is InChI=1S/C19H25N3O3/c1-2-3-10-17(13-22(25)14-23)21-19(24)20-12-16-9-6-8-15-7-4-5-11-18(15)16/h4-9,11,14,17,25H,2-3,10,12-13H2,1H3,(H2,20,21,24)/t17-/m1/s1. The average Bonchev–Trinajstić information content (AvgIpc) is 2.64. The second-order valence-electron chi connectivity index (χ2n) is 6.03. The van der Waals surface area contributed by atoms with Gasteiger partial charge in [-0.2, -0.15) is 0 Å². The number of rotatable bonds is 9. The number of hydroxylamine groups is 2. The van der Waals surface area contributed by atoms with E-state index in [-0.39, 0.29) is 18.6 Å². The van der Waals surface area contributed by atoms with Crippen LogP contribution in [0.2, 0.25) is 0 Å². The summed E-state index contributed by atoms with van der Waals surface area (Å²) in [5, 5.41) is 17.8. The van der Waals surface area contributed by atoms with Crippen molar-refractivity contribution in [2.24, 2.45) is 0 Å². The molecule has 6 heteroatoms. The molecular formula is C19H25N3O3. The summed E-state index contributed by atoms with van der Waals surface area (Å²) in [5.74, 6) is 0. The van der Waals surface area contributed by atoms with Crippen LogP contribution in [-0.4, -0.2) is 35.3 Å². The Hall–Kier alpha value is -2.60. The zero-order valence-electron chi connectivity index (χ0n) is 14.4. The first-order chi connectivity index (χ1) is 12.1. The Morgan fingerprint density at radius 1 is 1.24 bits per heavy atom. The second-order valence-corrected chi connectivity index (χ2v) is 6.03. The third-order valence-electron chi connectivity index (χ3n) is 4.09. The molecule has 2 rings (SSSR count). The maximum Gasteiger partial charge on any atom is 0.315 e. The van der Waals surface area contributed by atoms with Crippen molar-refractivity contribution in [3.63, 3.8) is 0 Å². The third-order valence-corrected chi connectivity index (χ3v) is 4.09. The van der Waals surface area contributed by atoms with Crippen LogP contribution >= 0.6 is 0 Å². The van der Waals surface area contributed by atoms with Gasteiger partial charge in [-0.25, -0.2) is 9.86 Å². The molecule has 0 aromatic heterocycles. The monoisotopic (exact) mass is 343 g/mol. The van der Waals surface area contributed by atoms with E-state index in [1.54, 1.807) is 0 Å². The molecule has 0 heterocycles. The van der Waals surface area contributed by atoms with Crippen molar-refractivity contribution in [3.05, 3.63) is 48.0 Å². The number of carbonyl (C=O) groups is 2. The van der Waals surface area contributed by atoms with E-state index >= 15 is 0 Å². The summed E-state index contributed by atoms with van der Waals surface area (Å²) in [5.41, 5.74) is 1.04. The molecule has 0 unspecified atom stereocenters. The average molecular weight is 343 g/mol. The van der Waals surface area contributed by atoms with Gasteiger partial charge in [0.2, 0.25) is 6.41 Å². The largest absolute Gasteiger partial charge is 0.334 e. The Kier molecular flexibility index (Phi) is 7.22. The van der Waals surface area contributed by atoms with Crippen molar-refractivity contribution in [3.8, 4) is 0 Å². The topological polar surface area (TPSA) is 81.7 Å². The molecule has 0 radical (unpaired) electrons. The lowest BCUT2D eigenvalue weighted by atomic mass is 10.0. The predicted octanol–water partition coefficient (Wildman–Crippen LogP) is 3.05. The molecule has 3 N–H and O–H groups in total. The Morgan fingerprint density at radius 3 is 2.76 bits per heavy atom. The van der Waals surface area contributed by atoms with Crippen molar-refractivity contribution >= 4 is 23.2 Å². The van der Waals surface area contributed by atoms with Gasteiger partial charge in [0.1, 0.15) is 0 Å². The van der Waals surface area contributed by atoms with Gasteiger partial charge in [0.15, 0.2) is 0 Å². The lowest BCUT2D eigenvalue weighted by Crippen LogP contribution is -2.46. The summed E-state index contributed by atoms with van der Waals surface area (Å²) in [7, 11) is 0. The first-order valence-corrected chi connectivity index (χ1v) is 8.56. The highest BCUT2D eigenvalue weighted by Crippen LogP contribution is 2.18. The molecule has 0 saturated carbocycles. The number of amides is 3. The first kappa shape index (κ1) is 18.7. The molecule has 0 aliphatic carbocycles. The number of urea groups is 1. The van der Waals surface area contributed by atoms with Crippen molar-refractivity contribution in [2.45, 2.75) is 38.8 Å². The summed E-state index contributed by atoms with van der Waals surface area (Å²) in [6.45, 7) is 2.53. The fourth-order valence-corrected chi connectivity index (χ4v) is 2.79. The Bertz CT molecular complexity index is 700. The maximum absolute atomic E-state index is 12.2. The lowest BCUT2D eigenvalue weighted by molar-refractivity contribution is -0.151. The van der Waals surface area contributed by atoms with Crippen LogP contribution in [0, 0.1) is 0 Å². The lowest BCUT2D eigenvalue weighted by Gasteiger charge is -2.21. The van der Waals surface area contributed by atoms with E-state index < -0.39 is 0 Å². The number of nitrogens with zero attached hydrogens (tertiary/aromatic N) is 1. The van der Waals surface area contributed by atoms with E-state index in [1.807, 2.05) is 49.4 Å². The molecule has 0 fully saturated rings. The molecule has 0 aliphatic rings. The van der Waals surface area contributed by atoms with Crippen molar-refractivity contribution in [2.75, 3.05) is 6.54 Å². The number of benzene rings is 2. The number of unbranched alkanes of at least 4 members (excludes halogenated alkanes) is 1. The molecule has 0 spiro atoms. The second kappa shape index (κ2) is 9.64. The Balaban J connectivity index is 1.94. The van der Waals surface area contributed by atoms with Crippen molar-refractivity contribution in [1.82, 2.24) is 15.7 Å². The third kappa shape index (κ3) is 5.76. The van der Waals surface area contributed by atoms with Gasteiger partial charge in [-0.1, -0.05) is 62.2 Å². The van der Waals surface area contributed by atoms with Crippen molar-refractivity contribution < 1.29 is 14.8 Å². The van der Waals surface area contributed by atoms with E-state index in [9.17, 15) is 14.8 Å². The normalized spacial score (nSPS) is 11.8. The summed E-state index contributed by atoms with van der Waals surface area (Å²) >= 11 is 0. The van der Waals surface area contributed by atoms with E-state index in [0.29, 0.717) is 24.4 Å². The van der Waals surface area contributed by atoms with Crippen LogP contribution in [0.25, 0.3) is 10.8 Å². The summed E-state index contributed by atoms with van der Waals surface area (Å²) in [6.07, 6.45) is 2.92. The molecule has 0 saturated heterocycles. The smallest absolute Gasteiger partial charge is 0.315 e.